The Kier molecular flexibility index (Phi) is 5.46. The van der Waals surface area contributed by atoms with Crippen LogP contribution in [0, 0.1) is 6.92 Å². The number of carboxylic acids is 1. The first-order valence-corrected chi connectivity index (χ1v) is 8.80. The molecule has 0 atom stereocenters. The molecule has 0 amide bonds. The molecule has 0 saturated heterocycles. The van der Waals surface area contributed by atoms with Gasteiger partial charge in [0, 0.05) is 0 Å². The molecular formula is C17H18NO5S-. The smallest absolute Gasteiger partial charge is 0.264 e. The van der Waals surface area contributed by atoms with E-state index in [1.165, 1.54) is 24.3 Å². The predicted octanol–water partition coefficient (Wildman–Crippen LogP) is 1.34. The minimum Gasteiger partial charge on any atom is -0.548 e. The quantitative estimate of drug-likeness (QED) is 0.753. The lowest BCUT2D eigenvalue weighted by atomic mass is 10.2. The highest BCUT2D eigenvalue weighted by Gasteiger charge is 2.25. The van der Waals surface area contributed by atoms with Crippen molar-refractivity contribution < 1.29 is 23.1 Å². The molecule has 0 aliphatic rings. The number of nitrogens with zero attached hydrogens (tertiary/aromatic N) is 1. The number of anilines is 1. The second kappa shape index (κ2) is 7.35. The first-order chi connectivity index (χ1) is 11.3. The third-order valence-corrected chi connectivity index (χ3v) is 5.11. The number of rotatable bonds is 7. The van der Waals surface area contributed by atoms with Gasteiger partial charge in [0.2, 0.25) is 0 Å². The number of carbonyl (C=O) groups excluding carboxylic acids is 1. The van der Waals surface area contributed by atoms with E-state index in [4.69, 9.17) is 4.74 Å². The van der Waals surface area contributed by atoms with Crippen molar-refractivity contribution in [2.24, 2.45) is 0 Å². The summed E-state index contributed by atoms with van der Waals surface area (Å²) in [5.41, 5.74) is 1.13. The number of hydrogen-bond acceptors (Lipinski definition) is 5. The number of aliphatic carboxylic acids is 1. The van der Waals surface area contributed by atoms with Crippen molar-refractivity contribution in [2.45, 2.75) is 18.7 Å². The van der Waals surface area contributed by atoms with E-state index >= 15 is 0 Å². The number of ether oxygens (including phenoxy) is 1. The zero-order valence-corrected chi connectivity index (χ0v) is 14.2. The lowest BCUT2D eigenvalue weighted by Crippen LogP contribution is -2.41. The van der Waals surface area contributed by atoms with Crippen molar-refractivity contribution >= 4 is 21.7 Å². The topological polar surface area (TPSA) is 86.7 Å². The Labute approximate surface area is 141 Å². The fourth-order valence-corrected chi connectivity index (χ4v) is 3.55. The van der Waals surface area contributed by atoms with E-state index in [1.54, 1.807) is 24.3 Å². The van der Waals surface area contributed by atoms with Crippen LogP contribution in [0.3, 0.4) is 0 Å². The van der Waals surface area contributed by atoms with E-state index in [0.29, 0.717) is 12.4 Å². The maximum atomic E-state index is 12.8. The Morgan fingerprint density at radius 2 is 1.67 bits per heavy atom. The first kappa shape index (κ1) is 17.8. The summed E-state index contributed by atoms with van der Waals surface area (Å²) >= 11 is 0. The Balaban J connectivity index is 2.43. The van der Waals surface area contributed by atoms with Crippen LogP contribution in [-0.2, 0) is 14.8 Å². The SMILES string of the molecule is CCOc1ccc(N(CC(=O)[O-])S(=O)(=O)c2ccc(C)cc2)cc1. The van der Waals surface area contributed by atoms with Crippen LogP contribution in [0.1, 0.15) is 12.5 Å². The van der Waals surface area contributed by atoms with Gasteiger partial charge in [0.25, 0.3) is 10.0 Å². The van der Waals surface area contributed by atoms with E-state index in [2.05, 4.69) is 0 Å². The fourth-order valence-electron chi connectivity index (χ4n) is 2.15. The van der Waals surface area contributed by atoms with Crippen LogP contribution in [0.15, 0.2) is 53.4 Å². The minimum atomic E-state index is -4.02. The second-order valence-corrected chi connectivity index (χ2v) is 6.99. The average molecular weight is 348 g/mol. The molecule has 0 aromatic heterocycles. The molecule has 128 valence electrons. The average Bonchev–Trinajstić information content (AvgIpc) is 2.54. The summed E-state index contributed by atoms with van der Waals surface area (Å²) in [6.07, 6.45) is 0. The summed E-state index contributed by atoms with van der Waals surface area (Å²) in [7, 11) is -4.02. The molecule has 0 aliphatic heterocycles. The fraction of sp³-hybridized carbons (Fsp3) is 0.235. The van der Waals surface area contributed by atoms with Crippen molar-refractivity contribution in [3.63, 3.8) is 0 Å². The third-order valence-electron chi connectivity index (χ3n) is 3.32. The number of carbonyl (C=O) groups is 1. The number of hydrogen-bond donors (Lipinski definition) is 0. The van der Waals surface area contributed by atoms with Gasteiger partial charge in [-0.3, -0.25) is 4.31 Å². The normalized spacial score (nSPS) is 11.1. The van der Waals surface area contributed by atoms with Gasteiger partial charge < -0.3 is 14.6 Å². The zero-order chi connectivity index (χ0) is 17.7. The summed E-state index contributed by atoms with van der Waals surface area (Å²) in [6, 6.07) is 12.4. The molecule has 0 saturated carbocycles. The molecule has 0 unspecified atom stereocenters. The van der Waals surface area contributed by atoms with Gasteiger partial charge in [-0.2, -0.15) is 0 Å². The third kappa shape index (κ3) is 4.05. The molecule has 0 radical (unpaired) electrons. The van der Waals surface area contributed by atoms with E-state index < -0.39 is 22.5 Å². The highest BCUT2D eigenvalue weighted by molar-refractivity contribution is 7.92. The number of benzene rings is 2. The Morgan fingerprint density at radius 3 is 2.17 bits per heavy atom. The van der Waals surface area contributed by atoms with Gasteiger partial charge in [-0.1, -0.05) is 17.7 Å². The molecule has 24 heavy (non-hydrogen) atoms. The summed E-state index contributed by atoms with van der Waals surface area (Å²) < 4.78 is 31.7. The summed E-state index contributed by atoms with van der Waals surface area (Å²) in [6.45, 7) is 3.37. The van der Waals surface area contributed by atoms with E-state index in [1.807, 2.05) is 13.8 Å². The second-order valence-electron chi connectivity index (χ2n) is 5.12. The molecule has 0 fully saturated rings. The molecule has 6 nitrogen and oxygen atoms in total. The van der Waals surface area contributed by atoms with Gasteiger partial charge >= 0.3 is 0 Å². The van der Waals surface area contributed by atoms with E-state index in [-0.39, 0.29) is 10.6 Å². The van der Waals surface area contributed by atoms with Gasteiger partial charge in [-0.15, -0.1) is 0 Å². The molecule has 0 bridgehead atoms. The van der Waals surface area contributed by atoms with Crippen LogP contribution in [0.25, 0.3) is 0 Å². The first-order valence-electron chi connectivity index (χ1n) is 7.36. The number of carboxylic acid groups (broad SMARTS) is 1. The predicted molar refractivity (Wildman–Crippen MR) is 88.3 cm³/mol. The minimum absolute atomic E-state index is 0.0169. The monoisotopic (exact) mass is 348 g/mol. The number of sulfonamides is 1. The molecule has 0 spiro atoms. The van der Waals surface area contributed by atoms with Crippen molar-refractivity contribution in [2.75, 3.05) is 17.5 Å². The molecule has 2 rings (SSSR count). The van der Waals surface area contributed by atoms with Crippen LogP contribution in [0.5, 0.6) is 5.75 Å². The molecule has 2 aromatic carbocycles. The van der Waals surface area contributed by atoms with Crippen LogP contribution < -0.4 is 14.1 Å². The van der Waals surface area contributed by atoms with Crippen LogP contribution in [0.4, 0.5) is 5.69 Å². The standard InChI is InChI=1S/C17H19NO5S/c1-3-23-15-8-6-14(7-9-15)18(12-17(19)20)24(21,22)16-10-4-13(2)5-11-16/h4-11H,3,12H2,1-2H3,(H,19,20)/p-1. The van der Waals surface area contributed by atoms with Crippen molar-refractivity contribution in [1.29, 1.82) is 0 Å². The van der Waals surface area contributed by atoms with Gasteiger partial charge in [0.15, 0.2) is 0 Å². The lowest BCUT2D eigenvalue weighted by molar-refractivity contribution is -0.303. The molecule has 0 heterocycles. The summed E-state index contributed by atoms with van der Waals surface area (Å²) in [5.74, 6) is -0.915. The highest BCUT2D eigenvalue weighted by Crippen LogP contribution is 2.25. The molecular weight excluding hydrogens is 330 g/mol. The van der Waals surface area contributed by atoms with Gasteiger partial charge in [-0.05, 0) is 50.2 Å². The molecule has 2 aromatic rings. The van der Waals surface area contributed by atoms with E-state index in [0.717, 1.165) is 9.87 Å². The Morgan fingerprint density at radius 1 is 1.08 bits per heavy atom. The lowest BCUT2D eigenvalue weighted by Gasteiger charge is -2.25. The van der Waals surface area contributed by atoms with Crippen LogP contribution in [0.2, 0.25) is 0 Å². The van der Waals surface area contributed by atoms with Gasteiger partial charge in [-0.25, -0.2) is 8.42 Å². The largest absolute Gasteiger partial charge is 0.548 e. The van der Waals surface area contributed by atoms with Gasteiger partial charge in [0.05, 0.1) is 29.7 Å². The molecule has 0 N–H and O–H groups in total. The maximum Gasteiger partial charge on any atom is 0.264 e. The van der Waals surface area contributed by atoms with Gasteiger partial charge in [0.1, 0.15) is 5.75 Å². The maximum absolute atomic E-state index is 12.8. The van der Waals surface area contributed by atoms with Crippen molar-refractivity contribution in [3.8, 4) is 5.75 Å². The van der Waals surface area contributed by atoms with Crippen molar-refractivity contribution in [1.82, 2.24) is 0 Å². The Bertz CT molecular complexity index is 798. The van der Waals surface area contributed by atoms with Crippen LogP contribution >= 0.6 is 0 Å². The molecule has 0 aliphatic carbocycles. The number of aryl methyl sites for hydroxylation is 1. The highest BCUT2D eigenvalue weighted by atomic mass is 32.2. The van der Waals surface area contributed by atoms with E-state index in [9.17, 15) is 18.3 Å². The summed E-state index contributed by atoms with van der Waals surface area (Å²) in [4.78, 5) is 11.1. The molecule has 7 heteroatoms. The van der Waals surface area contributed by atoms with Crippen molar-refractivity contribution in [3.05, 3.63) is 54.1 Å². The summed E-state index contributed by atoms with van der Waals surface area (Å²) in [5, 5.41) is 11.0. The zero-order valence-electron chi connectivity index (χ0n) is 13.4. The Hall–Kier alpha value is -2.54. The van der Waals surface area contributed by atoms with Crippen LogP contribution in [-0.4, -0.2) is 27.5 Å².